The number of nitrogens with one attached hydrogen (secondary N) is 1. The molecule has 0 spiro atoms. The first kappa shape index (κ1) is 10.9. The van der Waals surface area contributed by atoms with E-state index in [9.17, 15) is 8.42 Å². The summed E-state index contributed by atoms with van der Waals surface area (Å²) >= 11 is 0. The molecule has 0 aliphatic carbocycles. The first-order valence-corrected chi connectivity index (χ1v) is 6.65. The molecule has 0 radical (unpaired) electrons. The van der Waals surface area contributed by atoms with Crippen molar-refractivity contribution in [3.63, 3.8) is 0 Å². The van der Waals surface area contributed by atoms with Crippen molar-refractivity contribution in [2.24, 2.45) is 4.99 Å². The second-order valence-electron chi connectivity index (χ2n) is 3.65. The first-order chi connectivity index (χ1) is 7.48. The molecule has 1 aliphatic heterocycles. The number of sulfonamides is 1. The first-order valence-electron chi connectivity index (χ1n) is 4.80. The maximum absolute atomic E-state index is 11.4. The summed E-state index contributed by atoms with van der Waals surface area (Å²) in [5, 5.41) is 3.10. The Hall–Kier alpha value is -1.56. The SMILES string of the molecule is CN(c1ccc2c(c1)C=NCN2)S(C)(=O)=O. The third-order valence-electron chi connectivity index (χ3n) is 2.49. The minimum atomic E-state index is -3.21. The molecule has 86 valence electrons. The number of fused-ring (bicyclic) bond motifs is 1. The summed E-state index contributed by atoms with van der Waals surface area (Å²) in [5.41, 5.74) is 2.51. The van der Waals surface area contributed by atoms with Crippen LogP contribution in [0.2, 0.25) is 0 Å². The maximum atomic E-state index is 11.4. The van der Waals surface area contributed by atoms with Crippen LogP contribution in [0.4, 0.5) is 11.4 Å². The largest absolute Gasteiger partial charge is 0.366 e. The molecular weight excluding hydrogens is 226 g/mol. The zero-order valence-electron chi connectivity index (χ0n) is 9.14. The van der Waals surface area contributed by atoms with Crippen LogP contribution in [0.5, 0.6) is 0 Å². The van der Waals surface area contributed by atoms with Gasteiger partial charge in [-0.2, -0.15) is 0 Å². The van der Waals surface area contributed by atoms with Crippen molar-refractivity contribution in [3.8, 4) is 0 Å². The molecule has 0 aromatic heterocycles. The Kier molecular flexibility index (Phi) is 2.59. The van der Waals surface area contributed by atoms with Gasteiger partial charge in [-0.05, 0) is 18.2 Å². The zero-order valence-corrected chi connectivity index (χ0v) is 9.95. The van der Waals surface area contributed by atoms with Crippen LogP contribution in [0.1, 0.15) is 5.56 Å². The van der Waals surface area contributed by atoms with Gasteiger partial charge in [-0.25, -0.2) is 8.42 Å². The summed E-state index contributed by atoms with van der Waals surface area (Å²) in [6.07, 6.45) is 2.92. The molecule has 0 unspecified atom stereocenters. The molecule has 6 heteroatoms. The Bertz CT molecular complexity index is 537. The predicted molar refractivity (Wildman–Crippen MR) is 65.8 cm³/mol. The molecule has 0 atom stereocenters. The van der Waals surface area contributed by atoms with Gasteiger partial charge < -0.3 is 5.32 Å². The number of aliphatic imine (C=N–C) groups is 1. The van der Waals surface area contributed by atoms with Gasteiger partial charge >= 0.3 is 0 Å². The van der Waals surface area contributed by atoms with E-state index in [1.807, 2.05) is 6.07 Å². The second kappa shape index (κ2) is 3.79. The summed E-state index contributed by atoms with van der Waals surface area (Å²) in [7, 11) is -1.68. The average molecular weight is 239 g/mol. The van der Waals surface area contributed by atoms with Gasteiger partial charge in [0.2, 0.25) is 10.0 Å². The standard InChI is InChI=1S/C10H13N3O2S/c1-13(16(2,14)15)9-3-4-10-8(5-9)6-11-7-12-10/h3-6,12H,7H2,1-2H3. The van der Waals surface area contributed by atoms with Crippen LogP contribution in [-0.4, -0.2) is 34.6 Å². The third-order valence-corrected chi connectivity index (χ3v) is 3.69. The third kappa shape index (κ3) is 2.01. The lowest BCUT2D eigenvalue weighted by Crippen LogP contribution is -2.25. The van der Waals surface area contributed by atoms with Crippen molar-refractivity contribution < 1.29 is 8.42 Å². The van der Waals surface area contributed by atoms with Crippen LogP contribution in [0.25, 0.3) is 0 Å². The van der Waals surface area contributed by atoms with E-state index in [1.165, 1.54) is 17.6 Å². The number of hydrogen-bond donors (Lipinski definition) is 1. The van der Waals surface area contributed by atoms with Crippen molar-refractivity contribution in [1.82, 2.24) is 0 Å². The van der Waals surface area contributed by atoms with E-state index < -0.39 is 10.0 Å². The van der Waals surface area contributed by atoms with Crippen molar-refractivity contribution in [1.29, 1.82) is 0 Å². The number of nitrogens with zero attached hydrogens (tertiary/aromatic N) is 2. The van der Waals surface area contributed by atoms with E-state index in [4.69, 9.17) is 0 Å². The maximum Gasteiger partial charge on any atom is 0.231 e. The normalized spacial score (nSPS) is 14.1. The van der Waals surface area contributed by atoms with E-state index in [2.05, 4.69) is 10.3 Å². The Labute approximate surface area is 94.9 Å². The van der Waals surface area contributed by atoms with E-state index in [1.54, 1.807) is 18.3 Å². The highest BCUT2D eigenvalue weighted by Gasteiger charge is 2.13. The fourth-order valence-electron chi connectivity index (χ4n) is 1.48. The van der Waals surface area contributed by atoms with E-state index >= 15 is 0 Å². The number of benzene rings is 1. The molecular formula is C10H13N3O2S. The number of rotatable bonds is 2. The molecule has 1 heterocycles. The van der Waals surface area contributed by atoms with Gasteiger partial charge in [-0.1, -0.05) is 0 Å². The van der Waals surface area contributed by atoms with Crippen LogP contribution in [0.15, 0.2) is 23.2 Å². The molecule has 2 rings (SSSR count). The van der Waals surface area contributed by atoms with E-state index in [-0.39, 0.29) is 0 Å². The van der Waals surface area contributed by atoms with Gasteiger partial charge in [0.05, 0.1) is 11.9 Å². The zero-order chi connectivity index (χ0) is 11.8. The van der Waals surface area contributed by atoms with Crippen molar-refractivity contribution in [2.45, 2.75) is 0 Å². The quantitative estimate of drug-likeness (QED) is 0.833. The summed E-state index contributed by atoms with van der Waals surface area (Å²) in [6, 6.07) is 5.43. The van der Waals surface area contributed by atoms with Gasteiger partial charge in [0, 0.05) is 24.5 Å². The number of anilines is 2. The lowest BCUT2D eigenvalue weighted by molar-refractivity contribution is 0.600. The van der Waals surface area contributed by atoms with Crippen LogP contribution in [0.3, 0.4) is 0 Å². The topological polar surface area (TPSA) is 61.8 Å². The Balaban J connectivity index is 2.42. The highest BCUT2D eigenvalue weighted by Crippen LogP contribution is 2.24. The average Bonchev–Trinajstić information content (AvgIpc) is 2.26. The minimum absolute atomic E-state index is 0.564. The van der Waals surface area contributed by atoms with Gasteiger partial charge in [0.1, 0.15) is 6.67 Å². The summed E-state index contributed by atoms with van der Waals surface area (Å²) < 4.78 is 24.0. The van der Waals surface area contributed by atoms with Gasteiger partial charge in [0.15, 0.2) is 0 Å². The monoisotopic (exact) mass is 239 g/mol. The molecule has 5 nitrogen and oxygen atoms in total. The summed E-state index contributed by atoms with van der Waals surface area (Å²) in [4.78, 5) is 4.08. The molecule has 1 aromatic rings. The summed E-state index contributed by atoms with van der Waals surface area (Å²) in [6.45, 7) is 0.564. The Morgan fingerprint density at radius 2 is 2.19 bits per heavy atom. The highest BCUT2D eigenvalue weighted by atomic mass is 32.2. The molecule has 1 N–H and O–H groups in total. The Morgan fingerprint density at radius 3 is 2.88 bits per heavy atom. The highest BCUT2D eigenvalue weighted by molar-refractivity contribution is 7.92. The molecule has 0 saturated heterocycles. The predicted octanol–water partition coefficient (Wildman–Crippen LogP) is 0.884. The second-order valence-corrected chi connectivity index (χ2v) is 5.66. The van der Waals surface area contributed by atoms with Gasteiger partial charge in [0.25, 0.3) is 0 Å². The van der Waals surface area contributed by atoms with E-state index in [0.29, 0.717) is 12.4 Å². The molecule has 1 aromatic carbocycles. The fourth-order valence-corrected chi connectivity index (χ4v) is 1.98. The van der Waals surface area contributed by atoms with Crippen molar-refractivity contribution in [3.05, 3.63) is 23.8 Å². The molecule has 16 heavy (non-hydrogen) atoms. The van der Waals surface area contributed by atoms with Crippen LogP contribution in [0, 0.1) is 0 Å². The minimum Gasteiger partial charge on any atom is -0.366 e. The number of hydrogen-bond acceptors (Lipinski definition) is 4. The van der Waals surface area contributed by atoms with E-state index in [0.717, 1.165) is 11.3 Å². The van der Waals surface area contributed by atoms with Crippen LogP contribution in [-0.2, 0) is 10.0 Å². The Morgan fingerprint density at radius 1 is 1.44 bits per heavy atom. The van der Waals surface area contributed by atoms with Crippen LogP contribution < -0.4 is 9.62 Å². The lowest BCUT2D eigenvalue weighted by atomic mass is 10.1. The molecule has 0 saturated carbocycles. The summed E-state index contributed by atoms with van der Waals surface area (Å²) in [5.74, 6) is 0. The fraction of sp³-hybridized carbons (Fsp3) is 0.300. The van der Waals surface area contributed by atoms with Gasteiger partial charge in [-0.15, -0.1) is 0 Å². The molecule has 0 fully saturated rings. The van der Waals surface area contributed by atoms with Gasteiger partial charge in [-0.3, -0.25) is 9.30 Å². The molecule has 1 aliphatic rings. The smallest absolute Gasteiger partial charge is 0.231 e. The lowest BCUT2D eigenvalue weighted by Gasteiger charge is -2.19. The van der Waals surface area contributed by atoms with Crippen LogP contribution >= 0.6 is 0 Å². The van der Waals surface area contributed by atoms with Crippen molar-refractivity contribution in [2.75, 3.05) is 29.6 Å². The molecule has 0 bridgehead atoms. The van der Waals surface area contributed by atoms with Crippen molar-refractivity contribution >= 4 is 27.6 Å². The molecule has 0 amide bonds.